The Hall–Kier alpha value is -0.870. The van der Waals surface area contributed by atoms with Crippen LogP contribution in [0.5, 0.6) is 0 Å². The third kappa shape index (κ3) is 4.55. The van der Waals surface area contributed by atoms with Gasteiger partial charge in [-0.3, -0.25) is 0 Å². The first-order valence-corrected chi connectivity index (χ1v) is 9.56. The van der Waals surface area contributed by atoms with Gasteiger partial charge < -0.3 is 10.2 Å². The quantitative estimate of drug-likeness (QED) is 0.738. The first-order valence-electron chi connectivity index (χ1n) is 6.63. The number of anilines is 1. The van der Waals surface area contributed by atoms with Crippen LogP contribution >= 0.6 is 22.6 Å². The monoisotopic (exact) mass is 423 g/mol. The van der Waals surface area contributed by atoms with Crippen LogP contribution in [0.2, 0.25) is 0 Å². The molecular weight excluding hydrogens is 405 g/mol. The number of hydrogen-bond acceptors (Lipinski definition) is 3. The number of carbonyl (C=O) groups excluding carboxylic acids is 1. The Morgan fingerprint density at radius 2 is 1.90 bits per heavy atom. The van der Waals surface area contributed by atoms with Crippen molar-refractivity contribution in [3.63, 3.8) is 0 Å². The summed E-state index contributed by atoms with van der Waals surface area (Å²) in [7, 11) is -3.19. The molecule has 6 nitrogen and oxygen atoms in total. The van der Waals surface area contributed by atoms with Gasteiger partial charge in [0, 0.05) is 29.7 Å². The van der Waals surface area contributed by atoms with E-state index in [1.807, 2.05) is 24.3 Å². The SMILES string of the molecule is CS(=O)(=O)N1CCCN(C(=O)Nc2ccccc2I)CC1. The van der Waals surface area contributed by atoms with Gasteiger partial charge >= 0.3 is 6.03 Å². The molecule has 116 valence electrons. The molecule has 0 aromatic heterocycles. The molecule has 0 spiro atoms. The highest BCUT2D eigenvalue weighted by molar-refractivity contribution is 14.1. The highest BCUT2D eigenvalue weighted by Crippen LogP contribution is 2.18. The Kier molecular flexibility index (Phi) is 5.44. The number of nitrogens with zero attached hydrogens (tertiary/aromatic N) is 2. The summed E-state index contributed by atoms with van der Waals surface area (Å²) in [4.78, 5) is 13.9. The van der Waals surface area contributed by atoms with Crippen molar-refractivity contribution >= 4 is 44.3 Å². The smallest absolute Gasteiger partial charge is 0.321 e. The van der Waals surface area contributed by atoms with Crippen molar-refractivity contribution in [3.8, 4) is 0 Å². The van der Waals surface area contributed by atoms with E-state index in [2.05, 4.69) is 27.9 Å². The fourth-order valence-electron chi connectivity index (χ4n) is 2.19. The molecule has 1 saturated heterocycles. The Morgan fingerprint density at radius 3 is 2.57 bits per heavy atom. The summed E-state index contributed by atoms with van der Waals surface area (Å²) in [6, 6.07) is 7.36. The molecule has 0 atom stereocenters. The van der Waals surface area contributed by atoms with Crippen molar-refractivity contribution < 1.29 is 13.2 Å². The van der Waals surface area contributed by atoms with Gasteiger partial charge in [0.05, 0.1) is 11.9 Å². The van der Waals surface area contributed by atoms with Gasteiger partial charge in [-0.2, -0.15) is 0 Å². The number of rotatable bonds is 2. The summed E-state index contributed by atoms with van der Waals surface area (Å²) < 4.78 is 25.5. The van der Waals surface area contributed by atoms with Crippen LogP contribution < -0.4 is 5.32 Å². The zero-order valence-electron chi connectivity index (χ0n) is 11.8. The van der Waals surface area contributed by atoms with Gasteiger partial charge in [-0.05, 0) is 41.1 Å². The molecular formula is C13H18IN3O3S. The predicted molar refractivity (Wildman–Crippen MR) is 90.8 cm³/mol. The second-order valence-corrected chi connectivity index (χ2v) is 8.06. The van der Waals surface area contributed by atoms with E-state index in [9.17, 15) is 13.2 Å². The summed E-state index contributed by atoms with van der Waals surface area (Å²) in [5.41, 5.74) is 0.771. The molecule has 0 radical (unpaired) electrons. The molecule has 1 aliphatic rings. The lowest BCUT2D eigenvalue weighted by Gasteiger charge is -2.21. The fourth-order valence-corrected chi connectivity index (χ4v) is 3.58. The van der Waals surface area contributed by atoms with E-state index < -0.39 is 10.0 Å². The minimum Gasteiger partial charge on any atom is -0.323 e. The summed E-state index contributed by atoms with van der Waals surface area (Å²) in [6.07, 6.45) is 1.85. The average molecular weight is 423 g/mol. The maximum Gasteiger partial charge on any atom is 0.321 e. The predicted octanol–water partition coefficient (Wildman–Crippen LogP) is 1.79. The highest BCUT2D eigenvalue weighted by atomic mass is 127. The van der Waals surface area contributed by atoms with Gasteiger partial charge in [-0.15, -0.1) is 0 Å². The Morgan fingerprint density at radius 1 is 1.19 bits per heavy atom. The molecule has 1 aliphatic heterocycles. The molecule has 1 aromatic rings. The lowest BCUT2D eigenvalue weighted by atomic mass is 10.3. The molecule has 2 amide bonds. The fraction of sp³-hybridized carbons (Fsp3) is 0.462. The summed E-state index contributed by atoms with van der Waals surface area (Å²) in [6.45, 7) is 1.77. The van der Waals surface area contributed by atoms with Gasteiger partial charge in [0.1, 0.15) is 0 Å². The molecule has 0 bridgehead atoms. The number of nitrogens with one attached hydrogen (secondary N) is 1. The number of para-hydroxylation sites is 1. The molecule has 1 aromatic carbocycles. The number of halogens is 1. The Bertz CT molecular complexity index is 621. The van der Waals surface area contributed by atoms with Crippen molar-refractivity contribution in [3.05, 3.63) is 27.8 Å². The third-order valence-electron chi connectivity index (χ3n) is 3.33. The molecule has 1 fully saturated rings. The van der Waals surface area contributed by atoms with Gasteiger partial charge in [-0.25, -0.2) is 17.5 Å². The normalized spacial score (nSPS) is 17.3. The van der Waals surface area contributed by atoms with Crippen LogP contribution in [0, 0.1) is 3.57 Å². The van der Waals surface area contributed by atoms with Crippen LogP contribution in [0.1, 0.15) is 6.42 Å². The maximum atomic E-state index is 12.3. The number of carbonyl (C=O) groups is 1. The summed E-state index contributed by atoms with van der Waals surface area (Å²) in [5.74, 6) is 0. The Balaban J connectivity index is 1.99. The topological polar surface area (TPSA) is 69.7 Å². The number of amides is 2. The highest BCUT2D eigenvalue weighted by Gasteiger charge is 2.23. The molecule has 0 saturated carbocycles. The molecule has 0 unspecified atom stereocenters. The first-order chi connectivity index (χ1) is 9.88. The zero-order valence-corrected chi connectivity index (χ0v) is 14.7. The van der Waals surface area contributed by atoms with Crippen LogP contribution in [0.15, 0.2) is 24.3 Å². The van der Waals surface area contributed by atoms with Crippen molar-refractivity contribution in [2.24, 2.45) is 0 Å². The zero-order chi connectivity index (χ0) is 15.5. The van der Waals surface area contributed by atoms with Crippen LogP contribution in [0.25, 0.3) is 0 Å². The summed E-state index contributed by atoms with van der Waals surface area (Å²) in [5, 5.41) is 2.87. The minimum absolute atomic E-state index is 0.186. The first kappa shape index (κ1) is 16.5. The minimum atomic E-state index is -3.19. The van der Waals surface area contributed by atoms with E-state index in [1.165, 1.54) is 10.6 Å². The molecule has 1 heterocycles. The maximum absolute atomic E-state index is 12.3. The third-order valence-corrected chi connectivity index (χ3v) is 5.57. The number of urea groups is 1. The van der Waals surface area contributed by atoms with Gasteiger partial charge in [-0.1, -0.05) is 12.1 Å². The molecule has 8 heteroatoms. The van der Waals surface area contributed by atoms with Crippen molar-refractivity contribution in [2.45, 2.75) is 6.42 Å². The number of hydrogen-bond donors (Lipinski definition) is 1. The van der Waals surface area contributed by atoms with Crippen molar-refractivity contribution in [1.29, 1.82) is 0 Å². The molecule has 21 heavy (non-hydrogen) atoms. The van der Waals surface area contributed by atoms with E-state index in [0.717, 1.165) is 9.26 Å². The van der Waals surface area contributed by atoms with E-state index in [4.69, 9.17) is 0 Å². The summed E-state index contributed by atoms with van der Waals surface area (Å²) >= 11 is 2.17. The van der Waals surface area contributed by atoms with Gasteiger partial charge in [0.2, 0.25) is 10.0 Å². The van der Waals surface area contributed by atoms with E-state index in [0.29, 0.717) is 32.6 Å². The van der Waals surface area contributed by atoms with Gasteiger partial charge in [0.25, 0.3) is 0 Å². The average Bonchev–Trinajstić information content (AvgIpc) is 2.66. The standard InChI is InChI=1S/C13H18IN3O3S/c1-21(19,20)17-8-4-7-16(9-10-17)13(18)15-12-6-3-2-5-11(12)14/h2-3,5-6H,4,7-10H2,1H3,(H,15,18). The van der Waals surface area contributed by atoms with Gasteiger partial charge in [0.15, 0.2) is 0 Å². The largest absolute Gasteiger partial charge is 0.323 e. The molecule has 1 N–H and O–H groups in total. The van der Waals surface area contributed by atoms with E-state index >= 15 is 0 Å². The Labute approximate surface area is 138 Å². The number of benzene rings is 1. The lowest BCUT2D eigenvalue weighted by Crippen LogP contribution is -2.39. The lowest BCUT2D eigenvalue weighted by molar-refractivity contribution is 0.214. The second-order valence-electron chi connectivity index (χ2n) is 4.91. The van der Waals surface area contributed by atoms with E-state index in [1.54, 1.807) is 4.90 Å². The van der Waals surface area contributed by atoms with Crippen molar-refractivity contribution in [2.75, 3.05) is 37.8 Å². The van der Waals surface area contributed by atoms with E-state index in [-0.39, 0.29) is 6.03 Å². The van der Waals surface area contributed by atoms with Crippen LogP contribution in [0.3, 0.4) is 0 Å². The van der Waals surface area contributed by atoms with Crippen LogP contribution in [-0.2, 0) is 10.0 Å². The van der Waals surface area contributed by atoms with Crippen molar-refractivity contribution in [1.82, 2.24) is 9.21 Å². The number of sulfonamides is 1. The molecule has 0 aliphatic carbocycles. The van der Waals surface area contributed by atoms with Crippen LogP contribution in [-0.4, -0.2) is 56.1 Å². The second kappa shape index (κ2) is 6.93. The van der Waals surface area contributed by atoms with Crippen LogP contribution in [0.4, 0.5) is 10.5 Å². The molecule has 2 rings (SSSR count).